The number of hydrogen-bond donors (Lipinski definition) is 0. The summed E-state index contributed by atoms with van der Waals surface area (Å²) < 4.78 is 34.6. The minimum absolute atomic E-state index is 0.184. The van der Waals surface area contributed by atoms with Gasteiger partial charge < -0.3 is 9.30 Å². The summed E-state index contributed by atoms with van der Waals surface area (Å²) in [4.78, 5) is 16.1. The highest BCUT2D eigenvalue weighted by Gasteiger charge is 2.14. The Balaban J connectivity index is 2.27. The molecule has 3 aromatic rings. The molecule has 0 spiro atoms. The van der Waals surface area contributed by atoms with Gasteiger partial charge in [0.1, 0.15) is 11.6 Å². The lowest BCUT2D eigenvalue weighted by Crippen LogP contribution is -2.16. The van der Waals surface area contributed by atoms with Crippen LogP contribution in [0.5, 0.6) is 0 Å². The molecule has 0 aliphatic carbocycles. The summed E-state index contributed by atoms with van der Waals surface area (Å²) >= 11 is 0. The van der Waals surface area contributed by atoms with Crippen LogP contribution in [0.4, 0.5) is 8.78 Å². The zero-order chi connectivity index (χ0) is 17.3. The zero-order valence-electron chi connectivity index (χ0n) is 13.1. The molecule has 0 saturated carbocycles. The van der Waals surface area contributed by atoms with Crippen LogP contribution in [0, 0.1) is 11.6 Å². The van der Waals surface area contributed by atoms with E-state index in [9.17, 15) is 13.6 Å². The van der Waals surface area contributed by atoms with Crippen LogP contribution >= 0.6 is 0 Å². The fourth-order valence-electron chi connectivity index (χ4n) is 2.58. The molecule has 0 bridgehead atoms. The van der Waals surface area contributed by atoms with E-state index < -0.39 is 11.6 Å². The Morgan fingerprint density at radius 3 is 2.58 bits per heavy atom. The van der Waals surface area contributed by atoms with Gasteiger partial charge in [-0.15, -0.1) is 0 Å². The molecular weight excluding hydrogens is 314 g/mol. The number of ether oxygens (including phenoxy) is 1. The summed E-state index contributed by atoms with van der Waals surface area (Å²) in [7, 11) is 2.98. The lowest BCUT2D eigenvalue weighted by atomic mass is 10.00. The van der Waals surface area contributed by atoms with E-state index in [1.54, 1.807) is 19.3 Å². The van der Waals surface area contributed by atoms with Gasteiger partial charge in [0.05, 0.1) is 18.8 Å². The minimum atomic E-state index is -0.714. The maximum atomic E-state index is 14.3. The highest BCUT2D eigenvalue weighted by Crippen LogP contribution is 2.29. The topological polar surface area (TPSA) is 44.1 Å². The Hall–Kier alpha value is -3.02. The van der Waals surface area contributed by atoms with E-state index in [1.165, 1.54) is 48.5 Å². The molecule has 1 aromatic carbocycles. The molecule has 2 aromatic heterocycles. The third-order valence-corrected chi connectivity index (χ3v) is 3.75. The first-order chi connectivity index (χ1) is 11.5. The highest BCUT2D eigenvalue weighted by molar-refractivity contribution is 5.95. The van der Waals surface area contributed by atoms with Crippen molar-refractivity contribution < 1.29 is 13.5 Å². The Bertz CT molecular complexity index is 987. The van der Waals surface area contributed by atoms with E-state index in [2.05, 4.69) is 4.98 Å². The zero-order valence-corrected chi connectivity index (χ0v) is 13.1. The quantitative estimate of drug-likeness (QED) is 0.691. The van der Waals surface area contributed by atoms with Gasteiger partial charge in [-0.2, -0.15) is 0 Å². The Morgan fingerprint density at radius 1 is 1.21 bits per heavy atom. The molecule has 4 nitrogen and oxygen atoms in total. The number of fused-ring (bicyclic) bond motifs is 1. The van der Waals surface area contributed by atoms with Crippen LogP contribution in [-0.4, -0.2) is 16.7 Å². The first kappa shape index (κ1) is 15.9. The number of hydrogen-bond acceptors (Lipinski definition) is 3. The van der Waals surface area contributed by atoms with Crippen LogP contribution in [0.2, 0.25) is 0 Å². The second-order valence-corrected chi connectivity index (χ2v) is 5.27. The van der Waals surface area contributed by atoms with Crippen LogP contribution in [0.25, 0.3) is 28.0 Å². The smallest absolute Gasteiger partial charge is 0.259 e. The molecule has 0 unspecified atom stereocenters. The van der Waals surface area contributed by atoms with Gasteiger partial charge in [0.2, 0.25) is 0 Å². The largest absolute Gasteiger partial charge is 0.504 e. The van der Waals surface area contributed by atoms with Gasteiger partial charge in [0, 0.05) is 36.8 Å². The Kier molecular flexibility index (Phi) is 4.12. The molecule has 0 radical (unpaired) electrons. The van der Waals surface area contributed by atoms with Crippen molar-refractivity contribution in [1.29, 1.82) is 0 Å². The number of methoxy groups -OCH3 is 1. The molecular formula is C18H14F2N2O2. The second-order valence-electron chi connectivity index (χ2n) is 5.27. The van der Waals surface area contributed by atoms with Gasteiger partial charge in [-0.05, 0) is 35.2 Å². The molecule has 122 valence electrons. The number of aromatic nitrogens is 2. The maximum Gasteiger partial charge on any atom is 0.259 e. The molecule has 0 fully saturated rings. The summed E-state index contributed by atoms with van der Waals surface area (Å²) in [5.74, 6) is -1.43. The van der Waals surface area contributed by atoms with Gasteiger partial charge in [0.25, 0.3) is 5.56 Å². The van der Waals surface area contributed by atoms with E-state index in [4.69, 9.17) is 4.74 Å². The van der Waals surface area contributed by atoms with Crippen molar-refractivity contribution in [1.82, 2.24) is 9.55 Å². The van der Waals surface area contributed by atoms with Crippen LogP contribution in [-0.2, 0) is 11.8 Å². The number of nitrogens with zero attached hydrogens (tertiary/aromatic N) is 2. The predicted molar refractivity (Wildman–Crippen MR) is 88.4 cm³/mol. The summed E-state index contributed by atoms with van der Waals surface area (Å²) in [5, 5.41) is 0.980. The minimum Gasteiger partial charge on any atom is -0.504 e. The van der Waals surface area contributed by atoms with Crippen molar-refractivity contribution >= 4 is 16.8 Å². The van der Waals surface area contributed by atoms with E-state index in [1.807, 2.05) is 0 Å². The molecule has 0 N–H and O–H groups in total. The maximum absolute atomic E-state index is 14.3. The van der Waals surface area contributed by atoms with Crippen molar-refractivity contribution in [3.05, 3.63) is 70.6 Å². The molecule has 24 heavy (non-hydrogen) atoms. The van der Waals surface area contributed by atoms with Crippen molar-refractivity contribution in [2.24, 2.45) is 7.05 Å². The number of rotatable bonds is 3. The molecule has 0 amide bonds. The van der Waals surface area contributed by atoms with Crippen molar-refractivity contribution in [2.75, 3.05) is 7.11 Å². The first-order valence-electron chi connectivity index (χ1n) is 7.15. The molecule has 0 atom stereocenters. The molecule has 6 heteroatoms. The molecule has 0 aliphatic heterocycles. The summed E-state index contributed by atoms with van der Waals surface area (Å²) in [6, 6.07) is 4.12. The monoisotopic (exact) mass is 328 g/mol. The Labute approximate surface area is 136 Å². The van der Waals surface area contributed by atoms with E-state index in [0.29, 0.717) is 21.9 Å². The van der Waals surface area contributed by atoms with Crippen molar-refractivity contribution in [3.8, 4) is 11.1 Å². The third kappa shape index (κ3) is 2.67. The molecule has 0 aliphatic rings. The normalized spacial score (nSPS) is 11.3. The molecule has 0 saturated heterocycles. The second kappa shape index (κ2) is 6.23. The average molecular weight is 328 g/mol. The van der Waals surface area contributed by atoms with E-state index >= 15 is 0 Å². The van der Waals surface area contributed by atoms with Gasteiger partial charge in [-0.25, -0.2) is 8.78 Å². The molecule has 3 rings (SSSR count). The van der Waals surface area contributed by atoms with Crippen LogP contribution in [0.3, 0.4) is 0 Å². The van der Waals surface area contributed by atoms with Crippen LogP contribution < -0.4 is 5.56 Å². The average Bonchev–Trinajstić information content (AvgIpc) is 2.57. The summed E-state index contributed by atoms with van der Waals surface area (Å²) in [6.45, 7) is 0. The Morgan fingerprint density at radius 2 is 1.92 bits per heavy atom. The SMILES string of the molecule is COC=Cc1c(F)cc(-c2cn(C)c(=O)c3cnccc23)cc1F. The highest BCUT2D eigenvalue weighted by atomic mass is 19.1. The summed E-state index contributed by atoms with van der Waals surface area (Å²) in [5.41, 5.74) is 0.486. The van der Waals surface area contributed by atoms with Crippen molar-refractivity contribution in [2.45, 2.75) is 0 Å². The van der Waals surface area contributed by atoms with Gasteiger partial charge in [-0.1, -0.05) is 0 Å². The fraction of sp³-hybridized carbons (Fsp3) is 0.111. The number of aryl methyl sites for hydroxylation is 1. The van der Waals surface area contributed by atoms with Gasteiger partial charge >= 0.3 is 0 Å². The van der Waals surface area contributed by atoms with Crippen LogP contribution in [0.15, 0.2) is 47.8 Å². The van der Waals surface area contributed by atoms with Gasteiger partial charge in [-0.3, -0.25) is 9.78 Å². The third-order valence-electron chi connectivity index (χ3n) is 3.75. The number of pyridine rings is 2. The first-order valence-corrected chi connectivity index (χ1v) is 7.15. The van der Waals surface area contributed by atoms with Crippen LogP contribution in [0.1, 0.15) is 5.56 Å². The standard InChI is InChI=1S/C18H14F2N2O2/c1-22-10-15(12-3-5-21-9-14(12)18(22)23)11-7-16(19)13(4-6-24-2)17(20)8-11/h3-10H,1-2H3. The predicted octanol–water partition coefficient (Wildman–Crippen LogP) is 3.50. The number of halogens is 2. The van der Waals surface area contributed by atoms with E-state index in [0.717, 1.165) is 0 Å². The molecule has 2 heterocycles. The van der Waals surface area contributed by atoms with Gasteiger partial charge in [0.15, 0.2) is 0 Å². The van der Waals surface area contributed by atoms with Crippen molar-refractivity contribution in [3.63, 3.8) is 0 Å². The van der Waals surface area contributed by atoms with E-state index in [-0.39, 0.29) is 11.1 Å². The summed E-state index contributed by atoms with van der Waals surface area (Å²) in [6.07, 6.45) is 6.96. The lowest BCUT2D eigenvalue weighted by molar-refractivity contribution is 0.341. The lowest BCUT2D eigenvalue weighted by Gasteiger charge is -2.11. The number of benzene rings is 1. The fourth-order valence-corrected chi connectivity index (χ4v) is 2.58.